The number of para-hydroxylation sites is 1. The van der Waals surface area contributed by atoms with Gasteiger partial charge < -0.3 is 10.3 Å². The van der Waals surface area contributed by atoms with Gasteiger partial charge in [0.1, 0.15) is 5.52 Å². The van der Waals surface area contributed by atoms with E-state index in [0.29, 0.717) is 16.2 Å². The second-order valence-electron chi connectivity index (χ2n) is 4.06. The fourth-order valence-electron chi connectivity index (χ4n) is 1.79. The number of imidazole rings is 1. The summed E-state index contributed by atoms with van der Waals surface area (Å²) < 4.78 is 2.04. The summed E-state index contributed by atoms with van der Waals surface area (Å²) in [4.78, 5) is 4.32. The van der Waals surface area contributed by atoms with Crippen molar-refractivity contribution in [1.29, 1.82) is 0 Å². The molecule has 1 heterocycles. The lowest BCUT2D eigenvalue weighted by Gasteiger charge is -2.10. The Balaban J connectivity index is 2.33. The first-order chi connectivity index (χ1) is 8.13. The van der Waals surface area contributed by atoms with Crippen LogP contribution in [0.1, 0.15) is 13.3 Å². The molecule has 2 N–H and O–H groups in total. The molecule has 5 heteroatoms. The number of aromatic nitrogens is 2. The molecule has 0 radical (unpaired) electrons. The molecule has 2 rings (SSSR count). The third-order valence-electron chi connectivity index (χ3n) is 2.92. The Morgan fingerprint density at radius 2 is 2.29 bits per heavy atom. The smallest absolute Gasteiger partial charge is 0.201 e. The van der Waals surface area contributed by atoms with Crippen LogP contribution in [-0.2, 0) is 6.54 Å². The minimum atomic E-state index is 0.543. The number of hydrogen-bond donors (Lipinski definition) is 1. The van der Waals surface area contributed by atoms with Gasteiger partial charge in [-0.1, -0.05) is 24.6 Å². The molecule has 92 valence electrons. The first-order valence-electron chi connectivity index (χ1n) is 5.56. The third-order valence-corrected chi connectivity index (χ3v) is 4.27. The van der Waals surface area contributed by atoms with Gasteiger partial charge in [-0.2, -0.15) is 11.8 Å². The number of thioether (sulfide) groups is 1. The quantitative estimate of drug-likeness (QED) is 0.925. The average molecular weight is 270 g/mol. The molecule has 0 aliphatic carbocycles. The van der Waals surface area contributed by atoms with Crippen molar-refractivity contribution in [2.45, 2.75) is 25.1 Å². The molecule has 0 saturated heterocycles. The molecule has 0 bridgehead atoms. The van der Waals surface area contributed by atoms with Crippen molar-refractivity contribution in [3.63, 3.8) is 0 Å². The number of rotatable bonds is 4. The first-order valence-corrected chi connectivity index (χ1v) is 7.23. The van der Waals surface area contributed by atoms with E-state index >= 15 is 0 Å². The zero-order valence-electron chi connectivity index (χ0n) is 9.98. The number of benzene rings is 1. The number of nitrogens with two attached hydrogens (primary N) is 1. The highest BCUT2D eigenvalue weighted by Gasteiger charge is 2.11. The van der Waals surface area contributed by atoms with E-state index in [1.165, 1.54) is 0 Å². The summed E-state index contributed by atoms with van der Waals surface area (Å²) >= 11 is 7.96. The molecular weight excluding hydrogens is 254 g/mol. The second kappa shape index (κ2) is 5.19. The van der Waals surface area contributed by atoms with Crippen LogP contribution in [0, 0.1) is 0 Å². The highest BCUT2D eigenvalue weighted by atomic mass is 35.5. The number of halogens is 1. The summed E-state index contributed by atoms with van der Waals surface area (Å²) in [6.45, 7) is 3.09. The third kappa shape index (κ3) is 2.53. The van der Waals surface area contributed by atoms with Crippen LogP contribution in [0.4, 0.5) is 5.95 Å². The SMILES string of the molecule is CSC(C)CCn1c(N)nc2c(Cl)cccc21. The molecule has 1 aromatic carbocycles. The fourth-order valence-corrected chi connectivity index (χ4v) is 2.35. The maximum Gasteiger partial charge on any atom is 0.201 e. The molecular formula is C12H16ClN3S. The Morgan fingerprint density at radius 3 is 3.00 bits per heavy atom. The van der Waals surface area contributed by atoms with E-state index in [2.05, 4.69) is 18.2 Å². The Hall–Kier alpha value is -0.870. The predicted molar refractivity (Wildman–Crippen MR) is 76.7 cm³/mol. The van der Waals surface area contributed by atoms with Crippen LogP contribution in [0.5, 0.6) is 0 Å². The van der Waals surface area contributed by atoms with Gasteiger partial charge >= 0.3 is 0 Å². The lowest BCUT2D eigenvalue weighted by Crippen LogP contribution is -2.07. The molecule has 1 unspecified atom stereocenters. The summed E-state index contributed by atoms with van der Waals surface area (Å²) in [5, 5.41) is 1.27. The molecule has 1 atom stereocenters. The standard InChI is InChI=1S/C12H16ClN3S/c1-8(17-2)6-7-16-10-5-3-4-9(13)11(10)15-12(16)14/h3-5,8H,6-7H2,1-2H3,(H2,14,15). The largest absolute Gasteiger partial charge is 0.369 e. The molecule has 2 aromatic rings. The molecule has 0 spiro atoms. The molecule has 0 aliphatic heterocycles. The van der Waals surface area contributed by atoms with Gasteiger partial charge in [0.25, 0.3) is 0 Å². The van der Waals surface area contributed by atoms with Crippen molar-refractivity contribution in [2.24, 2.45) is 0 Å². The predicted octanol–water partition coefficient (Wildman–Crippen LogP) is 3.41. The van der Waals surface area contributed by atoms with Crippen LogP contribution in [-0.4, -0.2) is 21.1 Å². The Labute approximate surface area is 110 Å². The van der Waals surface area contributed by atoms with Crippen molar-refractivity contribution < 1.29 is 0 Å². The van der Waals surface area contributed by atoms with Crippen LogP contribution < -0.4 is 5.73 Å². The fraction of sp³-hybridized carbons (Fsp3) is 0.417. The summed E-state index contributed by atoms with van der Waals surface area (Å²) in [6.07, 6.45) is 3.19. The van der Waals surface area contributed by atoms with Gasteiger partial charge in [0.15, 0.2) is 0 Å². The number of aryl methyl sites for hydroxylation is 1. The number of fused-ring (bicyclic) bond motifs is 1. The van der Waals surface area contributed by atoms with Crippen molar-refractivity contribution >= 4 is 40.3 Å². The molecule has 1 aromatic heterocycles. The zero-order chi connectivity index (χ0) is 12.4. The van der Waals surface area contributed by atoms with E-state index in [9.17, 15) is 0 Å². The Morgan fingerprint density at radius 1 is 1.53 bits per heavy atom. The van der Waals surface area contributed by atoms with Crippen LogP contribution in [0.2, 0.25) is 5.02 Å². The molecule has 0 fully saturated rings. The number of nitrogen functional groups attached to an aromatic ring is 1. The van der Waals surface area contributed by atoms with Crippen molar-refractivity contribution in [1.82, 2.24) is 9.55 Å². The van der Waals surface area contributed by atoms with E-state index in [4.69, 9.17) is 17.3 Å². The van der Waals surface area contributed by atoms with E-state index in [-0.39, 0.29) is 0 Å². The van der Waals surface area contributed by atoms with Crippen LogP contribution in [0.15, 0.2) is 18.2 Å². The van der Waals surface area contributed by atoms with Crippen molar-refractivity contribution in [2.75, 3.05) is 12.0 Å². The number of hydrogen-bond acceptors (Lipinski definition) is 3. The van der Waals surface area contributed by atoms with E-state index < -0.39 is 0 Å². The number of nitrogens with zero attached hydrogens (tertiary/aromatic N) is 2. The summed E-state index contributed by atoms with van der Waals surface area (Å²) in [5.41, 5.74) is 7.75. The Bertz CT molecular complexity index is 524. The normalized spacial score (nSPS) is 13.1. The van der Waals surface area contributed by atoms with E-state index in [1.54, 1.807) is 0 Å². The highest BCUT2D eigenvalue weighted by Crippen LogP contribution is 2.25. The minimum absolute atomic E-state index is 0.543. The molecule has 3 nitrogen and oxygen atoms in total. The lowest BCUT2D eigenvalue weighted by atomic mass is 10.3. The number of anilines is 1. The van der Waals surface area contributed by atoms with Gasteiger partial charge in [-0.25, -0.2) is 4.98 Å². The Kier molecular flexibility index (Phi) is 3.84. The monoisotopic (exact) mass is 269 g/mol. The van der Waals surface area contributed by atoms with E-state index in [1.807, 2.05) is 34.5 Å². The summed E-state index contributed by atoms with van der Waals surface area (Å²) in [7, 11) is 0. The van der Waals surface area contributed by atoms with Crippen molar-refractivity contribution in [3.05, 3.63) is 23.2 Å². The lowest BCUT2D eigenvalue weighted by molar-refractivity contribution is 0.662. The van der Waals surface area contributed by atoms with Gasteiger partial charge in [-0.05, 0) is 24.8 Å². The highest BCUT2D eigenvalue weighted by molar-refractivity contribution is 7.99. The molecule has 0 amide bonds. The average Bonchev–Trinajstić information content (AvgIpc) is 2.64. The zero-order valence-corrected chi connectivity index (χ0v) is 11.6. The minimum Gasteiger partial charge on any atom is -0.369 e. The maximum absolute atomic E-state index is 6.10. The first kappa shape index (κ1) is 12.6. The van der Waals surface area contributed by atoms with Gasteiger partial charge in [0.2, 0.25) is 5.95 Å². The van der Waals surface area contributed by atoms with E-state index in [0.717, 1.165) is 24.0 Å². The summed E-state index contributed by atoms with van der Waals surface area (Å²) in [6, 6.07) is 5.78. The second-order valence-corrected chi connectivity index (χ2v) is 5.75. The van der Waals surface area contributed by atoms with Crippen molar-refractivity contribution in [3.8, 4) is 0 Å². The summed E-state index contributed by atoms with van der Waals surface area (Å²) in [5.74, 6) is 0.543. The van der Waals surface area contributed by atoms with Crippen LogP contribution in [0.3, 0.4) is 0 Å². The topological polar surface area (TPSA) is 43.8 Å². The van der Waals surface area contributed by atoms with Gasteiger partial charge in [0.05, 0.1) is 10.5 Å². The van der Waals surface area contributed by atoms with Crippen LogP contribution >= 0.6 is 23.4 Å². The molecule has 0 aliphatic rings. The van der Waals surface area contributed by atoms with Gasteiger partial charge in [0, 0.05) is 11.8 Å². The van der Waals surface area contributed by atoms with Gasteiger partial charge in [-0.3, -0.25) is 0 Å². The van der Waals surface area contributed by atoms with Gasteiger partial charge in [-0.15, -0.1) is 0 Å². The van der Waals surface area contributed by atoms with Crippen LogP contribution in [0.25, 0.3) is 11.0 Å². The maximum atomic E-state index is 6.10. The molecule has 17 heavy (non-hydrogen) atoms. The molecule has 0 saturated carbocycles.